The summed E-state index contributed by atoms with van der Waals surface area (Å²) in [4.78, 5) is 22.2. The van der Waals surface area contributed by atoms with E-state index in [0.717, 1.165) is 25.9 Å². The van der Waals surface area contributed by atoms with Crippen LogP contribution in [0.5, 0.6) is 0 Å². The van der Waals surface area contributed by atoms with Crippen LogP contribution in [0.2, 0.25) is 0 Å². The topological polar surface area (TPSA) is 84.3 Å². The number of carbonyl (C=O) groups is 1. The fourth-order valence-electron chi connectivity index (χ4n) is 2.45. The van der Waals surface area contributed by atoms with Crippen LogP contribution in [-0.4, -0.2) is 30.0 Å². The normalized spacial score (nSPS) is 20.1. The SMILES string of the molecule is CC(NC(=O)c1ccc([N+](=O)[O-])cc1)C1CCCNC1. The summed E-state index contributed by atoms with van der Waals surface area (Å²) in [6, 6.07) is 5.76. The zero-order valence-corrected chi connectivity index (χ0v) is 11.5. The van der Waals surface area contributed by atoms with Gasteiger partial charge < -0.3 is 10.6 Å². The summed E-state index contributed by atoms with van der Waals surface area (Å²) in [5.41, 5.74) is 0.442. The maximum Gasteiger partial charge on any atom is 0.269 e. The van der Waals surface area contributed by atoms with Gasteiger partial charge in [0.2, 0.25) is 0 Å². The number of rotatable bonds is 4. The second-order valence-electron chi connectivity index (χ2n) is 5.17. The van der Waals surface area contributed by atoms with E-state index in [1.165, 1.54) is 24.3 Å². The molecular weight excluding hydrogens is 258 g/mol. The summed E-state index contributed by atoms with van der Waals surface area (Å²) in [6.45, 7) is 3.96. The fourth-order valence-corrected chi connectivity index (χ4v) is 2.45. The third-order valence-corrected chi connectivity index (χ3v) is 3.74. The van der Waals surface area contributed by atoms with Crippen molar-refractivity contribution in [3.05, 3.63) is 39.9 Å². The lowest BCUT2D eigenvalue weighted by Crippen LogP contribution is -2.44. The largest absolute Gasteiger partial charge is 0.349 e. The van der Waals surface area contributed by atoms with Gasteiger partial charge in [-0.1, -0.05) is 0 Å². The van der Waals surface area contributed by atoms with Crippen LogP contribution < -0.4 is 10.6 Å². The molecule has 20 heavy (non-hydrogen) atoms. The molecule has 2 unspecified atom stereocenters. The number of amides is 1. The predicted octanol–water partition coefficient (Wildman–Crippen LogP) is 1.71. The molecule has 1 amide bonds. The Kier molecular flexibility index (Phi) is 4.68. The van der Waals surface area contributed by atoms with Crippen LogP contribution in [0.25, 0.3) is 0 Å². The Morgan fingerprint density at radius 1 is 1.45 bits per heavy atom. The van der Waals surface area contributed by atoms with Crippen LogP contribution in [0.3, 0.4) is 0 Å². The first-order valence-electron chi connectivity index (χ1n) is 6.84. The first kappa shape index (κ1) is 14.5. The first-order valence-corrected chi connectivity index (χ1v) is 6.84. The van der Waals surface area contributed by atoms with Gasteiger partial charge >= 0.3 is 0 Å². The molecule has 0 saturated carbocycles. The summed E-state index contributed by atoms with van der Waals surface area (Å²) < 4.78 is 0. The molecular formula is C14H19N3O3. The lowest BCUT2D eigenvalue weighted by molar-refractivity contribution is -0.384. The van der Waals surface area contributed by atoms with Gasteiger partial charge in [0.05, 0.1) is 4.92 Å². The van der Waals surface area contributed by atoms with Crippen molar-refractivity contribution in [2.75, 3.05) is 13.1 Å². The zero-order valence-electron chi connectivity index (χ0n) is 11.5. The molecule has 2 atom stereocenters. The molecule has 2 rings (SSSR count). The van der Waals surface area contributed by atoms with E-state index in [-0.39, 0.29) is 17.6 Å². The van der Waals surface area contributed by atoms with Gasteiger partial charge in [-0.15, -0.1) is 0 Å². The van der Waals surface area contributed by atoms with Crippen molar-refractivity contribution < 1.29 is 9.72 Å². The maximum atomic E-state index is 12.1. The molecule has 0 radical (unpaired) electrons. The van der Waals surface area contributed by atoms with E-state index in [0.29, 0.717) is 11.5 Å². The molecule has 0 aliphatic carbocycles. The van der Waals surface area contributed by atoms with Crippen molar-refractivity contribution in [1.82, 2.24) is 10.6 Å². The van der Waals surface area contributed by atoms with Gasteiger partial charge in [-0.2, -0.15) is 0 Å². The van der Waals surface area contributed by atoms with E-state index in [2.05, 4.69) is 10.6 Å². The Bertz CT molecular complexity index is 481. The van der Waals surface area contributed by atoms with Crippen molar-refractivity contribution in [2.24, 2.45) is 5.92 Å². The molecule has 1 aromatic rings. The highest BCUT2D eigenvalue weighted by Gasteiger charge is 2.21. The Morgan fingerprint density at radius 3 is 2.70 bits per heavy atom. The molecule has 2 N–H and O–H groups in total. The van der Waals surface area contributed by atoms with Crippen LogP contribution in [0.1, 0.15) is 30.1 Å². The van der Waals surface area contributed by atoms with Crippen LogP contribution in [0.15, 0.2) is 24.3 Å². The molecule has 6 nitrogen and oxygen atoms in total. The minimum Gasteiger partial charge on any atom is -0.349 e. The van der Waals surface area contributed by atoms with Crippen LogP contribution in [0, 0.1) is 16.0 Å². The predicted molar refractivity (Wildman–Crippen MR) is 75.6 cm³/mol. The fraction of sp³-hybridized carbons (Fsp3) is 0.500. The van der Waals surface area contributed by atoms with Crippen LogP contribution in [0.4, 0.5) is 5.69 Å². The minimum atomic E-state index is -0.474. The zero-order chi connectivity index (χ0) is 14.5. The van der Waals surface area contributed by atoms with Crippen molar-refractivity contribution in [3.63, 3.8) is 0 Å². The average molecular weight is 277 g/mol. The van der Waals surface area contributed by atoms with Crippen molar-refractivity contribution in [2.45, 2.75) is 25.8 Å². The Morgan fingerprint density at radius 2 is 2.15 bits per heavy atom. The molecule has 1 heterocycles. The molecule has 0 spiro atoms. The quantitative estimate of drug-likeness (QED) is 0.648. The molecule has 1 aromatic carbocycles. The first-order chi connectivity index (χ1) is 9.58. The number of carbonyl (C=O) groups excluding carboxylic acids is 1. The molecule has 6 heteroatoms. The summed E-state index contributed by atoms with van der Waals surface area (Å²) in [5.74, 6) is 0.253. The highest BCUT2D eigenvalue weighted by molar-refractivity contribution is 5.94. The second kappa shape index (κ2) is 6.47. The number of nitrogens with one attached hydrogen (secondary N) is 2. The average Bonchev–Trinajstić information content (AvgIpc) is 2.48. The number of piperidine rings is 1. The van der Waals surface area contributed by atoms with Crippen LogP contribution in [-0.2, 0) is 0 Å². The third kappa shape index (κ3) is 3.54. The van der Waals surface area contributed by atoms with Gasteiger partial charge in [0.1, 0.15) is 0 Å². The molecule has 1 fully saturated rings. The summed E-state index contributed by atoms with van der Waals surface area (Å²) in [5, 5.41) is 16.9. The lowest BCUT2D eigenvalue weighted by atomic mass is 9.92. The highest BCUT2D eigenvalue weighted by Crippen LogP contribution is 2.16. The van der Waals surface area contributed by atoms with Gasteiger partial charge in [-0.25, -0.2) is 0 Å². The molecule has 1 saturated heterocycles. The van der Waals surface area contributed by atoms with E-state index in [9.17, 15) is 14.9 Å². The van der Waals surface area contributed by atoms with E-state index in [1.807, 2.05) is 6.92 Å². The van der Waals surface area contributed by atoms with Gasteiger partial charge in [0, 0.05) is 23.7 Å². The number of nitrogens with zero attached hydrogens (tertiary/aromatic N) is 1. The van der Waals surface area contributed by atoms with Crippen molar-refractivity contribution in [3.8, 4) is 0 Å². The number of non-ortho nitro benzene ring substituents is 1. The van der Waals surface area contributed by atoms with E-state index < -0.39 is 4.92 Å². The van der Waals surface area contributed by atoms with Gasteiger partial charge in [-0.3, -0.25) is 14.9 Å². The lowest BCUT2D eigenvalue weighted by Gasteiger charge is -2.28. The number of nitro benzene ring substituents is 1. The van der Waals surface area contributed by atoms with Crippen molar-refractivity contribution in [1.29, 1.82) is 0 Å². The summed E-state index contributed by atoms with van der Waals surface area (Å²) in [6.07, 6.45) is 2.23. The van der Waals surface area contributed by atoms with Gasteiger partial charge in [0.15, 0.2) is 0 Å². The molecule has 108 valence electrons. The second-order valence-corrected chi connectivity index (χ2v) is 5.17. The Balaban J connectivity index is 1.95. The molecule has 0 aromatic heterocycles. The van der Waals surface area contributed by atoms with Crippen molar-refractivity contribution >= 4 is 11.6 Å². The maximum absolute atomic E-state index is 12.1. The summed E-state index contributed by atoms with van der Waals surface area (Å²) >= 11 is 0. The van der Waals surface area contributed by atoms with E-state index >= 15 is 0 Å². The standard InChI is InChI=1S/C14H19N3O3/c1-10(12-3-2-8-15-9-12)16-14(18)11-4-6-13(7-5-11)17(19)20/h4-7,10,12,15H,2-3,8-9H2,1H3,(H,16,18). The minimum absolute atomic E-state index is 0.00826. The monoisotopic (exact) mass is 277 g/mol. The van der Waals surface area contributed by atoms with Gasteiger partial charge in [0.25, 0.3) is 11.6 Å². The Labute approximate surface area is 117 Å². The number of nitro groups is 1. The Hall–Kier alpha value is -1.95. The number of hydrogen-bond donors (Lipinski definition) is 2. The smallest absolute Gasteiger partial charge is 0.269 e. The third-order valence-electron chi connectivity index (χ3n) is 3.74. The number of benzene rings is 1. The van der Waals surface area contributed by atoms with E-state index in [4.69, 9.17) is 0 Å². The van der Waals surface area contributed by atoms with E-state index in [1.54, 1.807) is 0 Å². The van der Waals surface area contributed by atoms with Crippen LogP contribution >= 0.6 is 0 Å². The molecule has 1 aliphatic heterocycles. The summed E-state index contributed by atoms with van der Waals surface area (Å²) in [7, 11) is 0. The molecule has 0 bridgehead atoms. The highest BCUT2D eigenvalue weighted by atomic mass is 16.6. The van der Waals surface area contributed by atoms with Gasteiger partial charge in [-0.05, 0) is 50.9 Å². The number of hydrogen-bond acceptors (Lipinski definition) is 4. The molecule has 1 aliphatic rings.